The summed E-state index contributed by atoms with van der Waals surface area (Å²) in [6.45, 7) is 2.41. The average molecular weight is 617 g/mol. The van der Waals surface area contributed by atoms with Crippen molar-refractivity contribution < 1.29 is 0 Å². The Hall–Kier alpha value is -4.36. The molecule has 1 saturated heterocycles. The minimum absolute atomic E-state index is 0.272. The number of para-hydroxylation sites is 1. The van der Waals surface area contributed by atoms with Gasteiger partial charge in [0.05, 0.1) is 17.6 Å². The van der Waals surface area contributed by atoms with Crippen LogP contribution in [0.5, 0.6) is 0 Å². The van der Waals surface area contributed by atoms with Crippen LogP contribution >= 0.6 is 0 Å². The van der Waals surface area contributed by atoms with Crippen molar-refractivity contribution in [3.05, 3.63) is 119 Å². The lowest BCUT2D eigenvalue weighted by Gasteiger charge is -2.39. The van der Waals surface area contributed by atoms with Gasteiger partial charge in [-0.05, 0) is 81.4 Å². The minimum Gasteiger partial charge on any atom is -0.361 e. The highest BCUT2D eigenvalue weighted by atomic mass is 15.2. The Bertz CT molecular complexity index is 1940. The van der Waals surface area contributed by atoms with Crippen molar-refractivity contribution in [2.24, 2.45) is 28.7 Å². The third-order valence-corrected chi connectivity index (χ3v) is 12.1. The number of aromatic nitrogens is 1. The maximum absolute atomic E-state index is 9.26. The maximum Gasteiger partial charge on any atom is 0.136 e. The lowest BCUT2D eigenvalue weighted by atomic mass is 9.75. The molecule has 7 atom stereocenters. The van der Waals surface area contributed by atoms with Crippen LogP contribution in [0.4, 0.5) is 0 Å². The van der Waals surface area contributed by atoms with E-state index in [1.807, 2.05) is 12.3 Å². The Labute approximate surface area is 279 Å². The number of likely N-dealkylation sites (tertiary alicyclic amines) is 1. The molecule has 4 heteroatoms. The van der Waals surface area contributed by atoms with Crippen molar-refractivity contribution in [3.63, 3.8) is 0 Å². The van der Waals surface area contributed by atoms with Gasteiger partial charge in [0.15, 0.2) is 0 Å². The molecule has 2 aliphatic heterocycles. The highest BCUT2D eigenvalue weighted by molar-refractivity contribution is 5.95. The first kappa shape index (κ1) is 28.8. The molecule has 0 amide bonds. The Morgan fingerprint density at radius 1 is 0.894 bits per heavy atom. The van der Waals surface area contributed by atoms with Gasteiger partial charge in [0, 0.05) is 57.9 Å². The summed E-state index contributed by atoms with van der Waals surface area (Å²) < 4.78 is 2.70. The summed E-state index contributed by atoms with van der Waals surface area (Å²) in [7, 11) is 0. The number of hydrogen-bond acceptors (Lipinski definition) is 3. The number of aliphatic imine (C=N–C) groups is 1. The van der Waals surface area contributed by atoms with E-state index in [0.717, 1.165) is 19.3 Å². The maximum atomic E-state index is 9.26. The van der Waals surface area contributed by atoms with Crippen LogP contribution in [0, 0.1) is 35.0 Å². The first-order valence-electron chi connectivity index (χ1n) is 18.1. The third-order valence-electron chi connectivity index (χ3n) is 12.1. The van der Waals surface area contributed by atoms with E-state index in [4.69, 9.17) is 0 Å². The van der Waals surface area contributed by atoms with E-state index in [1.54, 1.807) is 17.0 Å². The normalized spacial score (nSPS) is 32.5. The Kier molecular flexibility index (Phi) is 7.18. The lowest BCUT2D eigenvalue weighted by Crippen LogP contribution is -2.37. The summed E-state index contributed by atoms with van der Waals surface area (Å²) in [5, 5.41) is 10.7. The SMILES string of the molecule is CC1CC=C(C2C=NC(C#N)=CC2)C=C1C1C=C(N2C3C=CC=CC3C3c4c(c5ccccc5n4C4=CCCCC4)C=CC32)CCC1. The molecule has 0 N–H and O–H groups in total. The van der Waals surface area contributed by atoms with Crippen molar-refractivity contribution in [3.8, 4) is 6.07 Å². The molecular weight excluding hydrogens is 573 g/mol. The quantitative estimate of drug-likeness (QED) is 0.343. The molecule has 1 fully saturated rings. The molecule has 2 aromatic rings. The van der Waals surface area contributed by atoms with E-state index in [2.05, 4.69) is 112 Å². The molecule has 5 aliphatic carbocycles. The van der Waals surface area contributed by atoms with E-state index < -0.39 is 0 Å². The summed E-state index contributed by atoms with van der Waals surface area (Å²) >= 11 is 0. The molecule has 4 nitrogen and oxygen atoms in total. The fourth-order valence-electron chi connectivity index (χ4n) is 9.85. The fraction of sp³-hybridized carbons (Fsp3) is 0.395. The summed E-state index contributed by atoms with van der Waals surface area (Å²) in [6.07, 6.45) is 39.2. The largest absolute Gasteiger partial charge is 0.361 e. The van der Waals surface area contributed by atoms with Gasteiger partial charge in [0.1, 0.15) is 11.8 Å². The second-order valence-corrected chi connectivity index (χ2v) is 14.7. The number of rotatable bonds is 4. The van der Waals surface area contributed by atoms with Gasteiger partial charge in [-0.2, -0.15) is 5.26 Å². The smallest absolute Gasteiger partial charge is 0.136 e. The molecule has 47 heavy (non-hydrogen) atoms. The summed E-state index contributed by atoms with van der Waals surface area (Å²) in [5.41, 5.74) is 10.9. The molecule has 0 saturated carbocycles. The minimum atomic E-state index is 0.272. The van der Waals surface area contributed by atoms with Gasteiger partial charge in [-0.25, -0.2) is 4.99 Å². The van der Waals surface area contributed by atoms with E-state index >= 15 is 0 Å². The van der Waals surface area contributed by atoms with Crippen molar-refractivity contribution in [2.45, 2.75) is 82.7 Å². The van der Waals surface area contributed by atoms with E-state index in [0.29, 0.717) is 41.5 Å². The number of allylic oxidation sites excluding steroid dienone is 12. The van der Waals surface area contributed by atoms with Gasteiger partial charge < -0.3 is 9.47 Å². The van der Waals surface area contributed by atoms with Crippen LogP contribution in [0.1, 0.15) is 81.9 Å². The second kappa shape index (κ2) is 11.7. The van der Waals surface area contributed by atoms with E-state index in [9.17, 15) is 5.26 Å². The van der Waals surface area contributed by atoms with Crippen LogP contribution in [0.3, 0.4) is 0 Å². The zero-order chi connectivity index (χ0) is 31.5. The zero-order valence-electron chi connectivity index (χ0n) is 27.4. The summed E-state index contributed by atoms with van der Waals surface area (Å²) in [5.74, 6) is 2.14. The molecular formula is C43H44N4. The Morgan fingerprint density at radius 2 is 1.79 bits per heavy atom. The van der Waals surface area contributed by atoms with Gasteiger partial charge in [-0.15, -0.1) is 0 Å². The van der Waals surface area contributed by atoms with Gasteiger partial charge in [0.25, 0.3) is 0 Å². The van der Waals surface area contributed by atoms with Crippen molar-refractivity contribution in [1.29, 1.82) is 5.26 Å². The third kappa shape index (κ3) is 4.73. The second-order valence-electron chi connectivity index (χ2n) is 14.7. The van der Waals surface area contributed by atoms with Gasteiger partial charge in [-0.1, -0.05) is 91.5 Å². The highest BCUT2D eigenvalue weighted by Gasteiger charge is 2.51. The van der Waals surface area contributed by atoms with E-state index in [1.165, 1.54) is 66.3 Å². The topological polar surface area (TPSA) is 44.3 Å². The van der Waals surface area contributed by atoms with Crippen LogP contribution in [0.15, 0.2) is 113 Å². The van der Waals surface area contributed by atoms with Gasteiger partial charge >= 0.3 is 0 Å². The molecule has 0 radical (unpaired) electrons. The molecule has 1 aromatic heterocycles. The predicted octanol–water partition coefficient (Wildman–Crippen LogP) is 10.0. The van der Waals surface area contributed by atoms with Crippen LogP contribution < -0.4 is 0 Å². The number of nitrogens with zero attached hydrogens (tertiary/aromatic N) is 4. The van der Waals surface area contributed by atoms with Crippen molar-refractivity contribution >= 4 is 28.9 Å². The van der Waals surface area contributed by atoms with Crippen LogP contribution in [0.25, 0.3) is 22.7 Å². The molecule has 3 heterocycles. The standard InChI is InChI=1S/C43H44N4/c1-28-18-19-29(31-20-21-32(26-44)45-27-31)25-38(28)30-10-9-13-34(24-30)46-40-17-8-6-15-37(40)42-41(46)23-22-36-35-14-5-7-16-39(35)47(43(36)42)33-11-3-2-4-12-33/h5-8,11,14-17,19,21-25,27-28,30-31,37,40-42H,2-4,9-10,12-13,18,20H2,1H3. The van der Waals surface area contributed by atoms with E-state index in [-0.39, 0.29) is 5.92 Å². The van der Waals surface area contributed by atoms with Gasteiger partial charge in [0.2, 0.25) is 0 Å². The summed E-state index contributed by atoms with van der Waals surface area (Å²) in [6, 6.07) is 12.0. The number of nitriles is 1. The van der Waals surface area contributed by atoms with Crippen molar-refractivity contribution in [2.75, 3.05) is 0 Å². The summed E-state index contributed by atoms with van der Waals surface area (Å²) in [4.78, 5) is 7.27. The molecule has 7 unspecified atom stereocenters. The highest BCUT2D eigenvalue weighted by Crippen LogP contribution is 2.54. The number of benzene rings is 1. The van der Waals surface area contributed by atoms with Crippen LogP contribution in [-0.2, 0) is 0 Å². The van der Waals surface area contributed by atoms with Crippen LogP contribution in [-0.4, -0.2) is 27.8 Å². The predicted molar refractivity (Wildman–Crippen MR) is 193 cm³/mol. The molecule has 0 spiro atoms. The zero-order valence-corrected chi connectivity index (χ0v) is 27.4. The molecule has 9 rings (SSSR count). The molecule has 236 valence electrons. The van der Waals surface area contributed by atoms with Crippen LogP contribution in [0.2, 0.25) is 0 Å². The first-order valence-corrected chi connectivity index (χ1v) is 18.1. The lowest BCUT2D eigenvalue weighted by molar-refractivity contribution is 0.279. The average Bonchev–Trinajstić information content (AvgIpc) is 3.65. The molecule has 7 aliphatic rings. The van der Waals surface area contributed by atoms with Crippen molar-refractivity contribution in [1.82, 2.24) is 9.47 Å². The number of hydrogen-bond donors (Lipinski definition) is 0. The Balaban J connectivity index is 1.10. The number of fused-ring (bicyclic) bond motifs is 7. The molecule has 0 bridgehead atoms. The first-order chi connectivity index (χ1) is 23.2. The fourth-order valence-corrected chi connectivity index (χ4v) is 9.85. The Morgan fingerprint density at radius 3 is 2.64 bits per heavy atom. The molecule has 1 aromatic carbocycles. The van der Waals surface area contributed by atoms with Gasteiger partial charge in [-0.3, -0.25) is 0 Å². The monoisotopic (exact) mass is 616 g/mol.